The SMILES string of the molecule is CCCN(C(=O)CC1CCCC1)c1ccccc1N. The second-order valence-corrected chi connectivity index (χ2v) is 5.46. The van der Waals surface area contributed by atoms with Gasteiger partial charge in [0.1, 0.15) is 0 Å². The van der Waals surface area contributed by atoms with Gasteiger partial charge in [-0.15, -0.1) is 0 Å². The van der Waals surface area contributed by atoms with Gasteiger partial charge < -0.3 is 10.6 Å². The molecule has 1 amide bonds. The Morgan fingerprint density at radius 3 is 2.63 bits per heavy atom. The minimum absolute atomic E-state index is 0.228. The van der Waals surface area contributed by atoms with Crippen molar-refractivity contribution in [2.75, 3.05) is 17.2 Å². The van der Waals surface area contributed by atoms with Crippen LogP contribution < -0.4 is 10.6 Å². The van der Waals surface area contributed by atoms with Crippen LogP contribution in [0.25, 0.3) is 0 Å². The largest absolute Gasteiger partial charge is 0.397 e. The number of rotatable bonds is 5. The number of nitrogens with two attached hydrogens (primary N) is 1. The lowest BCUT2D eigenvalue weighted by molar-refractivity contribution is -0.119. The maximum Gasteiger partial charge on any atom is 0.227 e. The minimum atomic E-state index is 0.228. The molecule has 1 aliphatic rings. The number of nitrogen functional groups attached to an aromatic ring is 1. The van der Waals surface area contributed by atoms with Crippen LogP contribution in [-0.4, -0.2) is 12.5 Å². The molecule has 3 heteroatoms. The Labute approximate surface area is 115 Å². The maximum absolute atomic E-state index is 12.5. The van der Waals surface area contributed by atoms with Crippen LogP contribution in [0, 0.1) is 5.92 Å². The van der Waals surface area contributed by atoms with Crippen LogP contribution >= 0.6 is 0 Å². The van der Waals surface area contributed by atoms with Gasteiger partial charge in [0.2, 0.25) is 5.91 Å². The van der Waals surface area contributed by atoms with Gasteiger partial charge in [-0.2, -0.15) is 0 Å². The molecular formula is C16H24N2O. The molecule has 0 aliphatic heterocycles. The molecule has 0 bridgehead atoms. The van der Waals surface area contributed by atoms with Crippen LogP contribution in [0.2, 0.25) is 0 Å². The molecule has 3 nitrogen and oxygen atoms in total. The van der Waals surface area contributed by atoms with Gasteiger partial charge in [0.05, 0.1) is 11.4 Å². The van der Waals surface area contributed by atoms with Gasteiger partial charge in [-0.3, -0.25) is 4.79 Å². The number of anilines is 2. The number of para-hydroxylation sites is 2. The van der Waals surface area contributed by atoms with E-state index in [9.17, 15) is 4.79 Å². The van der Waals surface area contributed by atoms with Gasteiger partial charge in [0.15, 0.2) is 0 Å². The molecule has 2 N–H and O–H groups in total. The smallest absolute Gasteiger partial charge is 0.227 e. The van der Waals surface area contributed by atoms with E-state index in [-0.39, 0.29) is 5.91 Å². The van der Waals surface area contributed by atoms with Crippen LogP contribution in [0.15, 0.2) is 24.3 Å². The summed E-state index contributed by atoms with van der Waals surface area (Å²) >= 11 is 0. The number of nitrogens with zero attached hydrogens (tertiary/aromatic N) is 1. The van der Waals surface area contributed by atoms with E-state index in [4.69, 9.17) is 5.73 Å². The molecule has 0 heterocycles. The van der Waals surface area contributed by atoms with Crippen molar-refractivity contribution in [3.63, 3.8) is 0 Å². The van der Waals surface area contributed by atoms with Gasteiger partial charge >= 0.3 is 0 Å². The van der Waals surface area contributed by atoms with E-state index in [1.807, 2.05) is 29.2 Å². The van der Waals surface area contributed by atoms with Crippen LogP contribution in [0.4, 0.5) is 11.4 Å². The van der Waals surface area contributed by atoms with E-state index >= 15 is 0 Å². The average Bonchev–Trinajstić information content (AvgIpc) is 2.90. The molecule has 1 aromatic rings. The van der Waals surface area contributed by atoms with Gasteiger partial charge in [0, 0.05) is 13.0 Å². The van der Waals surface area contributed by atoms with Crippen molar-refractivity contribution in [1.29, 1.82) is 0 Å². The third kappa shape index (κ3) is 3.49. The quantitative estimate of drug-likeness (QED) is 0.822. The van der Waals surface area contributed by atoms with E-state index in [0.717, 1.165) is 18.7 Å². The van der Waals surface area contributed by atoms with E-state index < -0.39 is 0 Å². The van der Waals surface area contributed by atoms with Crippen molar-refractivity contribution in [2.24, 2.45) is 5.92 Å². The van der Waals surface area contributed by atoms with Gasteiger partial charge in [-0.1, -0.05) is 31.9 Å². The molecule has 1 saturated carbocycles. The molecule has 2 rings (SSSR count). The fourth-order valence-electron chi connectivity index (χ4n) is 2.91. The zero-order chi connectivity index (χ0) is 13.7. The van der Waals surface area contributed by atoms with Crippen molar-refractivity contribution in [1.82, 2.24) is 0 Å². The first-order chi connectivity index (χ1) is 9.22. The number of hydrogen-bond donors (Lipinski definition) is 1. The van der Waals surface area contributed by atoms with Crippen molar-refractivity contribution in [3.05, 3.63) is 24.3 Å². The van der Waals surface area contributed by atoms with Crippen LogP contribution in [-0.2, 0) is 4.79 Å². The molecule has 0 spiro atoms. The zero-order valence-electron chi connectivity index (χ0n) is 11.8. The van der Waals surface area contributed by atoms with E-state index in [1.165, 1.54) is 25.7 Å². The minimum Gasteiger partial charge on any atom is -0.397 e. The Hall–Kier alpha value is -1.51. The monoisotopic (exact) mass is 260 g/mol. The lowest BCUT2D eigenvalue weighted by atomic mass is 10.0. The molecule has 104 valence electrons. The third-order valence-electron chi connectivity index (χ3n) is 3.91. The van der Waals surface area contributed by atoms with Gasteiger partial charge in [-0.25, -0.2) is 0 Å². The van der Waals surface area contributed by atoms with Crippen LogP contribution in [0.5, 0.6) is 0 Å². The fraction of sp³-hybridized carbons (Fsp3) is 0.562. The van der Waals surface area contributed by atoms with Gasteiger partial charge in [-0.05, 0) is 37.3 Å². The second-order valence-electron chi connectivity index (χ2n) is 5.46. The van der Waals surface area contributed by atoms with Crippen LogP contribution in [0.3, 0.4) is 0 Å². The number of hydrogen-bond acceptors (Lipinski definition) is 2. The molecule has 0 atom stereocenters. The Morgan fingerprint density at radius 2 is 2.00 bits per heavy atom. The van der Waals surface area contributed by atoms with Gasteiger partial charge in [0.25, 0.3) is 0 Å². The first-order valence-electron chi connectivity index (χ1n) is 7.37. The van der Waals surface area contributed by atoms with Crippen molar-refractivity contribution in [2.45, 2.75) is 45.4 Å². The lowest BCUT2D eigenvalue weighted by Gasteiger charge is -2.25. The molecule has 0 radical (unpaired) electrons. The summed E-state index contributed by atoms with van der Waals surface area (Å²) in [6, 6.07) is 7.65. The van der Waals surface area contributed by atoms with Crippen molar-refractivity contribution < 1.29 is 4.79 Å². The number of carbonyl (C=O) groups is 1. The molecule has 0 aromatic heterocycles. The number of carbonyl (C=O) groups excluding carboxylic acids is 1. The van der Waals surface area contributed by atoms with Crippen LogP contribution in [0.1, 0.15) is 45.4 Å². The summed E-state index contributed by atoms with van der Waals surface area (Å²) < 4.78 is 0. The Morgan fingerprint density at radius 1 is 1.32 bits per heavy atom. The summed E-state index contributed by atoms with van der Waals surface area (Å²) in [6.45, 7) is 2.84. The predicted octanol–water partition coefficient (Wildman–Crippen LogP) is 3.59. The summed E-state index contributed by atoms with van der Waals surface area (Å²) in [7, 11) is 0. The second kappa shape index (κ2) is 6.60. The summed E-state index contributed by atoms with van der Waals surface area (Å²) in [6.07, 6.45) is 6.59. The predicted molar refractivity (Wildman–Crippen MR) is 80.1 cm³/mol. The Bertz CT molecular complexity index is 425. The Kier molecular flexibility index (Phi) is 4.83. The molecule has 1 aliphatic carbocycles. The summed E-state index contributed by atoms with van der Waals surface area (Å²) in [4.78, 5) is 14.4. The lowest BCUT2D eigenvalue weighted by Crippen LogP contribution is -2.33. The average molecular weight is 260 g/mol. The standard InChI is InChI=1S/C16H24N2O/c1-2-11-18(15-10-6-5-9-14(15)17)16(19)12-13-7-3-4-8-13/h5-6,9-10,13H,2-4,7-8,11-12,17H2,1H3. The van der Waals surface area contributed by atoms with Crippen molar-refractivity contribution >= 4 is 17.3 Å². The number of amides is 1. The molecule has 0 unspecified atom stereocenters. The highest BCUT2D eigenvalue weighted by Crippen LogP contribution is 2.30. The maximum atomic E-state index is 12.5. The molecular weight excluding hydrogens is 236 g/mol. The first-order valence-corrected chi connectivity index (χ1v) is 7.37. The summed E-state index contributed by atoms with van der Waals surface area (Å²) in [5.74, 6) is 0.809. The zero-order valence-corrected chi connectivity index (χ0v) is 11.8. The molecule has 1 fully saturated rings. The fourth-order valence-corrected chi connectivity index (χ4v) is 2.91. The number of benzene rings is 1. The summed E-state index contributed by atoms with van der Waals surface area (Å²) in [5.41, 5.74) is 7.56. The normalized spacial score (nSPS) is 15.6. The Balaban J connectivity index is 2.10. The third-order valence-corrected chi connectivity index (χ3v) is 3.91. The van der Waals surface area contributed by atoms with E-state index in [1.54, 1.807) is 0 Å². The molecule has 1 aromatic carbocycles. The van der Waals surface area contributed by atoms with E-state index in [2.05, 4.69) is 6.92 Å². The highest BCUT2D eigenvalue weighted by Gasteiger charge is 2.23. The molecule has 0 saturated heterocycles. The topological polar surface area (TPSA) is 46.3 Å². The van der Waals surface area contributed by atoms with Crippen molar-refractivity contribution in [3.8, 4) is 0 Å². The molecule has 19 heavy (non-hydrogen) atoms. The highest BCUT2D eigenvalue weighted by molar-refractivity contribution is 5.96. The van der Waals surface area contributed by atoms with E-state index in [0.29, 0.717) is 18.0 Å². The first kappa shape index (κ1) is 13.9. The summed E-state index contributed by atoms with van der Waals surface area (Å²) in [5, 5.41) is 0. The highest BCUT2D eigenvalue weighted by atomic mass is 16.2.